The molecule has 0 saturated heterocycles. The van der Waals surface area contributed by atoms with E-state index < -0.39 is 84.5 Å². The maximum Gasteiger partial charge on any atom is 1.00 e. The molecule has 0 aliphatic heterocycles. The summed E-state index contributed by atoms with van der Waals surface area (Å²) in [7, 11) is -15.8. The number of benzene rings is 4. The first-order valence-corrected chi connectivity index (χ1v) is 15.3. The van der Waals surface area contributed by atoms with Crippen molar-refractivity contribution in [3.05, 3.63) is 77.9 Å². The van der Waals surface area contributed by atoms with Gasteiger partial charge >= 0.3 is 88.7 Å². The Hall–Kier alpha value is -1.26. The quantitative estimate of drug-likeness (QED) is 0.109. The van der Waals surface area contributed by atoms with E-state index >= 15 is 0 Å². The Balaban J connectivity index is 0.00000323. The number of carbonyl (C=O) groups is 1. The summed E-state index contributed by atoms with van der Waals surface area (Å²) in [6.07, 6.45) is 0. The Morgan fingerprint density at radius 2 is 1.32 bits per heavy atom. The monoisotopic (exact) mass is 686 g/mol. The predicted octanol–water partition coefficient (Wildman–Crippen LogP) is -6.39. The third kappa shape index (κ3) is 9.40. The number of rotatable bonds is 7. The van der Waals surface area contributed by atoms with Gasteiger partial charge in [0.15, 0.2) is 0 Å². The Morgan fingerprint density at radius 3 is 1.86 bits per heavy atom. The molecule has 0 heterocycles. The number of carbonyl (C=O) groups excluding carboxylic acids is 1. The Morgan fingerprint density at radius 1 is 0.727 bits per heavy atom. The van der Waals surface area contributed by atoms with E-state index in [2.05, 4.69) is 15.5 Å². The van der Waals surface area contributed by atoms with Crippen molar-refractivity contribution in [3.63, 3.8) is 0 Å². The minimum atomic E-state index is -5.52. The van der Waals surface area contributed by atoms with Crippen molar-refractivity contribution in [2.75, 3.05) is 5.32 Å². The molecule has 0 radical (unpaired) electrons. The van der Waals surface area contributed by atoms with Crippen molar-refractivity contribution in [1.29, 1.82) is 0 Å². The summed E-state index contributed by atoms with van der Waals surface area (Å²) < 4.78 is 107. The normalized spacial score (nSPS) is 11.7. The van der Waals surface area contributed by atoms with E-state index in [0.29, 0.717) is 23.8 Å². The van der Waals surface area contributed by atoms with Crippen molar-refractivity contribution < 1.29 is 137 Å². The van der Waals surface area contributed by atoms with E-state index in [0.717, 1.165) is 12.1 Å². The number of fused-ring (bicyclic) bond motifs is 1. The first-order chi connectivity index (χ1) is 19.0. The molecule has 0 fully saturated rings. The molecule has 1 amide bonds. The molecule has 1 N–H and O–H groups in total. The molecule has 214 valence electrons. The maximum atomic E-state index is 13.5. The summed E-state index contributed by atoms with van der Waals surface area (Å²) in [6.45, 7) is 1.47. The van der Waals surface area contributed by atoms with Crippen molar-refractivity contribution in [2.24, 2.45) is 10.2 Å². The van der Waals surface area contributed by atoms with E-state index in [-0.39, 0.29) is 94.2 Å². The Bertz CT molecular complexity index is 2090. The number of hydrogen-bond acceptors (Lipinski definition) is 13. The molecular weight excluding hydrogens is 671 g/mol. The zero-order chi connectivity index (χ0) is 30.3. The van der Waals surface area contributed by atoms with Crippen LogP contribution in [0.2, 0.25) is 0 Å². The van der Waals surface area contributed by atoms with Gasteiger partial charge in [-0.1, -0.05) is 30.0 Å². The van der Waals surface area contributed by atoms with Crippen molar-refractivity contribution in [2.45, 2.75) is 21.6 Å². The molecule has 0 unspecified atom stereocenters. The summed E-state index contributed by atoms with van der Waals surface area (Å²) in [6, 6.07) is 12.6. The van der Waals surface area contributed by atoms with E-state index in [1.165, 1.54) is 37.3 Å². The minimum Gasteiger partial charge on any atom is -0.870 e. The van der Waals surface area contributed by atoms with Gasteiger partial charge in [0, 0.05) is 11.3 Å². The molecule has 0 aliphatic carbocycles. The summed E-state index contributed by atoms with van der Waals surface area (Å²) in [5.74, 6) is -2.20. The standard InChI is InChI=1S/C24H19N3O11S3.3Na/c1-13-7-8-17(19(9-13)40(33,34)35)26-27-22-20(41(36,37)38)11-15-10-16(39(30,31)32)12-18(21(15)23(22)28)25-24(29)14-5-3-2-4-6-14;;;/h2-12,28H,1H3,(H,25,29)(H,30,31,32)(H,33,34,35)(H,36,37,38);;;/q;3*+1/p-4. The topological polar surface area (TPSA) is 248 Å². The van der Waals surface area contributed by atoms with Crippen LogP contribution in [0.3, 0.4) is 0 Å². The van der Waals surface area contributed by atoms with Crippen LogP contribution in [0, 0.1) is 6.92 Å². The summed E-state index contributed by atoms with van der Waals surface area (Å²) in [5, 5.41) is 21.8. The third-order valence-corrected chi connectivity index (χ3v) is 8.12. The number of nitrogens with zero attached hydrogens (tertiary/aromatic N) is 2. The Labute approximate surface area is 318 Å². The number of anilines is 1. The molecule has 14 nitrogen and oxygen atoms in total. The van der Waals surface area contributed by atoms with E-state index in [1.807, 2.05) is 0 Å². The summed E-state index contributed by atoms with van der Waals surface area (Å²) in [5.41, 5.74) is -1.84. The van der Waals surface area contributed by atoms with Crippen LogP contribution in [0.5, 0.6) is 5.75 Å². The van der Waals surface area contributed by atoms with Crippen LogP contribution in [0.1, 0.15) is 15.9 Å². The van der Waals surface area contributed by atoms with Gasteiger partial charge in [-0.15, -0.1) is 10.2 Å². The average molecular weight is 687 g/mol. The van der Waals surface area contributed by atoms with Crippen LogP contribution in [0.4, 0.5) is 17.1 Å². The first kappa shape index (κ1) is 40.8. The molecule has 4 aromatic rings. The fourth-order valence-electron chi connectivity index (χ4n) is 3.76. The van der Waals surface area contributed by atoms with Gasteiger partial charge in [0.25, 0.3) is 5.91 Å². The molecule has 0 bridgehead atoms. The fourth-order valence-corrected chi connectivity index (χ4v) is 5.63. The number of amides is 1. The second-order valence-corrected chi connectivity index (χ2v) is 12.6. The largest absolute Gasteiger partial charge is 1.00 e. The van der Waals surface area contributed by atoms with Crippen molar-refractivity contribution >= 4 is 64.1 Å². The van der Waals surface area contributed by atoms with E-state index in [9.17, 15) is 48.8 Å². The van der Waals surface area contributed by atoms with Gasteiger partial charge in [0.1, 0.15) is 36.0 Å². The third-order valence-electron chi connectivity index (χ3n) is 5.59. The number of hydrogen-bond donors (Lipinski definition) is 1. The fraction of sp³-hybridized carbons (Fsp3) is 0.0417. The molecule has 4 aromatic carbocycles. The zero-order valence-corrected chi connectivity index (χ0v) is 31.9. The van der Waals surface area contributed by atoms with E-state index in [4.69, 9.17) is 0 Å². The number of nitrogens with one attached hydrogen (secondary N) is 1. The molecule has 0 aliphatic rings. The second kappa shape index (κ2) is 15.6. The Kier molecular flexibility index (Phi) is 14.4. The molecule has 44 heavy (non-hydrogen) atoms. The number of azo groups is 1. The second-order valence-electron chi connectivity index (χ2n) is 8.48. The average Bonchev–Trinajstić information content (AvgIpc) is 2.87. The molecule has 0 aromatic heterocycles. The summed E-state index contributed by atoms with van der Waals surface area (Å²) in [4.78, 5) is 9.70. The molecule has 4 rings (SSSR count). The van der Waals surface area contributed by atoms with E-state index in [1.54, 1.807) is 6.07 Å². The SMILES string of the molecule is Cc1ccc(N=Nc2c(S(=O)(=O)[O-])cc3cc(S(=O)(=O)[O-])cc(NC(=O)c4ccccc4)c3c2[O-])c(S(=O)(=O)[O-])c1.[Na+].[Na+].[Na+]. The van der Waals surface area contributed by atoms with Gasteiger partial charge in [-0.05, 0) is 65.7 Å². The van der Waals surface area contributed by atoms with Crippen molar-refractivity contribution in [1.82, 2.24) is 0 Å². The molecule has 20 heteroatoms. The van der Waals surface area contributed by atoms with Crippen molar-refractivity contribution in [3.8, 4) is 5.75 Å². The predicted molar refractivity (Wildman–Crippen MR) is 137 cm³/mol. The molecular formula is C24H15N3Na3O11S3-. The van der Waals surface area contributed by atoms with Gasteiger partial charge < -0.3 is 24.1 Å². The van der Waals surface area contributed by atoms with Crippen LogP contribution >= 0.6 is 0 Å². The van der Waals surface area contributed by atoms with Gasteiger partial charge in [0.2, 0.25) is 0 Å². The van der Waals surface area contributed by atoms with Gasteiger partial charge in [-0.3, -0.25) is 4.79 Å². The summed E-state index contributed by atoms with van der Waals surface area (Å²) >= 11 is 0. The smallest absolute Gasteiger partial charge is 0.870 e. The number of aryl methyl sites for hydroxylation is 1. The van der Waals surface area contributed by atoms with Crippen LogP contribution < -0.4 is 99.1 Å². The maximum absolute atomic E-state index is 13.5. The van der Waals surface area contributed by atoms with Crippen LogP contribution in [0.15, 0.2) is 91.6 Å². The van der Waals surface area contributed by atoms with Gasteiger partial charge in [-0.25, -0.2) is 25.3 Å². The van der Waals surface area contributed by atoms with Crippen LogP contribution in [-0.4, -0.2) is 44.8 Å². The van der Waals surface area contributed by atoms with Crippen LogP contribution in [-0.2, 0) is 30.4 Å². The zero-order valence-electron chi connectivity index (χ0n) is 23.5. The minimum absolute atomic E-state index is 0. The van der Waals surface area contributed by atoms with Gasteiger partial charge in [0.05, 0.1) is 20.4 Å². The first-order valence-electron chi connectivity index (χ1n) is 11.0. The van der Waals surface area contributed by atoms with Crippen LogP contribution in [0.25, 0.3) is 10.8 Å². The molecule has 0 spiro atoms. The molecule has 0 saturated carbocycles. The molecule has 0 atom stereocenters. The van der Waals surface area contributed by atoms with Gasteiger partial charge in [-0.2, -0.15) is 0 Å².